The first-order valence-electron chi connectivity index (χ1n) is 7.16. The number of carbonyl (C=O) groups is 1. The Morgan fingerprint density at radius 3 is 3.00 bits per heavy atom. The molecule has 4 heteroatoms. The minimum absolute atomic E-state index is 0.164. The minimum atomic E-state index is -0.164. The molecule has 1 aromatic rings. The predicted molar refractivity (Wildman–Crippen MR) is 80.5 cm³/mol. The van der Waals surface area contributed by atoms with Crippen LogP contribution in [0.4, 0.5) is 0 Å². The summed E-state index contributed by atoms with van der Waals surface area (Å²) < 4.78 is 0. The quantitative estimate of drug-likeness (QED) is 0.899. The maximum Gasteiger partial charge on any atom is 0.229 e. The first-order valence-corrected chi connectivity index (χ1v) is 8.04. The highest BCUT2D eigenvalue weighted by atomic mass is 32.1. The van der Waals surface area contributed by atoms with E-state index in [-0.39, 0.29) is 5.41 Å². The van der Waals surface area contributed by atoms with Gasteiger partial charge in [-0.2, -0.15) is 0 Å². The number of carbonyl (C=O) groups excluding carboxylic acids is 1. The first kappa shape index (κ1) is 14.5. The number of thiophene rings is 1. The molecule has 0 aliphatic carbocycles. The number of hydrogen-bond donors (Lipinski definition) is 1. The van der Waals surface area contributed by atoms with Crippen molar-refractivity contribution in [3.05, 3.63) is 22.4 Å². The molecule has 2 heterocycles. The van der Waals surface area contributed by atoms with Gasteiger partial charge in [0.25, 0.3) is 0 Å². The molecule has 1 unspecified atom stereocenters. The molecule has 1 aliphatic heterocycles. The van der Waals surface area contributed by atoms with Crippen LogP contribution in [0.1, 0.15) is 31.1 Å². The van der Waals surface area contributed by atoms with E-state index in [2.05, 4.69) is 29.8 Å². The van der Waals surface area contributed by atoms with Crippen LogP contribution in [-0.2, 0) is 11.2 Å². The van der Waals surface area contributed by atoms with Crippen LogP contribution in [0.15, 0.2) is 17.5 Å². The van der Waals surface area contributed by atoms with Gasteiger partial charge in [-0.3, -0.25) is 4.79 Å². The standard InChI is InChI=1S/C15H24N2OS/c1-3-15(8-5-9-16-12-15)14(18)17(2)10-7-13-6-4-11-19-13/h4,6,11,16H,3,5,7-10,12H2,1-2H3. The molecular formula is C15H24N2OS. The van der Waals surface area contributed by atoms with Gasteiger partial charge in [-0.25, -0.2) is 0 Å². The number of likely N-dealkylation sites (N-methyl/N-ethyl adjacent to an activating group) is 1. The predicted octanol–water partition coefficient (Wildman–Crippen LogP) is 2.53. The highest BCUT2D eigenvalue weighted by Gasteiger charge is 2.39. The Bertz CT molecular complexity index is 396. The Morgan fingerprint density at radius 2 is 2.42 bits per heavy atom. The molecule has 1 aromatic heterocycles. The van der Waals surface area contributed by atoms with E-state index in [1.165, 1.54) is 4.88 Å². The van der Waals surface area contributed by atoms with Gasteiger partial charge in [-0.1, -0.05) is 13.0 Å². The van der Waals surface area contributed by atoms with E-state index < -0.39 is 0 Å². The molecule has 1 amide bonds. The molecule has 1 atom stereocenters. The molecule has 2 rings (SSSR count). The van der Waals surface area contributed by atoms with Crippen LogP contribution in [0.3, 0.4) is 0 Å². The van der Waals surface area contributed by atoms with Crippen molar-refractivity contribution < 1.29 is 4.79 Å². The zero-order valence-corrected chi connectivity index (χ0v) is 12.8. The Labute approximate surface area is 120 Å². The van der Waals surface area contributed by atoms with E-state index in [9.17, 15) is 4.79 Å². The number of hydrogen-bond acceptors (Lipinski definition) is 3. The molecule has 1 saturated heterocycles. The Balaban J connectivity index is 1.93. The van der Waals surface area contributed by atoms with Crippen molar-refractivity contribution in [1.82, 2.24) is 10.2 Å². The maximum atomic E-state index is 12.7. The Morgan fingerprint density at radius 1 is 1.58 bits per heavy atom. The lowest BCUT2D eigenvalue weighted by molar-refractivity contribution is -0.142. The van der Waals surface area contributed by atoms with E-state index in [1.54, 1.807) is 11.3 Å². The summed E-state index contributed by atoms with van der Waals surface area (Å²) in [7, 11) is 1.95. The number of amides is 1. The molecule has 3 nitrogen and oxygen atoms in total. The molecule has 19 heavy (non-hydrogen) atoms. The summed E-state index contributed by atoms with van der Waals surface area (Å²) in [4.78, 5) is 16.0. The van der Waals surface area contributed by atoms with Crippen LogP contribution in [0.5, 0.6) is 0 Å². The Kier molecular flexibility index (Phi) is 4.99. The van der Waals surface area contributed by atoms with E-state index in [1.807, 2.05) is 11.9 Å². The number of piperidine rings is 1. The van der Waals surface area contributed by atoms with E-state index in [0.717, 1.165) is 45.3 Å². The van der Waals surface area contributed by atoms with Crippen molar-refractivity contribution in [3.63, 3.8) is 0 Å². The second-order valence-corrected chi connectivity index (χ2v) is 6.50. The van der Waals surface area contributed by atoms with Crippen LogP contribution >= 0.6 is 11.3 Å². The lowest BCUT2D eigenvalue weighted by Crippen LogP contribution is -2.51. The fourth-order valence-electron chi connectivity index (χ4n) is 2.84. The zero-order valence-electron chi connectivity index (χ0n) is 11.9. The van der Waals surface area contributed by atoms with Crippen LogP contribution in [0.25, 0.3) is 0 Å². The molecule has 0 aromatic carbocycles. The lowest BCUT2D eigenvalue weighted by Gasteiger charge is -2.38. The van der Waals surface area contributed by atoms with Crippen molar-refractivity contribution in [2.75, 3.05) is 26.7 Å². The van der Waals surface area contributed by atoms with E-state index in [4.69, 9.17) is 0 Å². The molecule has 0 saturated carbocycles. The van der Waals surface area contributed by atoms with Crippen LogP contribution < -0.4 is 5.32 Å². The molecule has 0 bridgehead atoms. The average molecular weight is 280 g/mol. The van der Waals surface area contributed by atoms with Crippen molar-refractivity contribution >= 4 is 17.2 Å². The molecule has 1 fully saturated rings. The zero-order chi connectivity index (χ0) is 13.7. The summed E-state index contributed by atoms with van der Waals surface area (Å²) in [6, 6.07) is 4.21. The van der Waals surface area contributed by atoms with Gasteiger partial charge in [-0.15, -0.1) is 11.3 Å². The summed E-state index contributed by atoms with van der Waals surface area (Å²) in [6.45, 7) is 4.85. The average Bonchev–Trinajstić information content (AvgIpc) is 2.98. The summed E-state index contributed by atoms with van der Waals surface area (Å²) >= 11 is 1.77. The van der Waals surface area contributed by atoms with Gasteiger partial charge in [0.05, 0.1) is 5.41 Å². The molecule has 1 N–H and O–H groups in total. The fraction of sp³-hybridized carbons (Fsp3) is 0.667. The van der Waals surface area contributed by atoms with Crippen molar-refractivity contribution in [3.8, 4) is 0 Å². The lowest BCUT2D eigenvalue weighted by atomic mass is 9.77. The van der Waals surface area contributed by atoms with Crippen molar-refractivity contribution in [1.29, 1.82) is 0 Å². The number of nitrogens with zero attached hydrogens (tertiary/aromatic N) is 1. The summed E-state index contributed by atoms with van der Waals surface area (Å²) in [5.74, 6) is 0.318. The molecule has 0 radical (unpaired) electrons. The van der Waals surface area contributed by atoms with E-state index >= 15 is 0 Å². The van der Waals surface area contributed by atoms with Gasteiger partial charge < -0.3 is 10.2 Å². The van der Waals surface area contributed by atoms with Crippen LogP contribution in [0.2, 0.25) is 0 Å². The van der Waals surface area contributed by atoms with Gasteiger partial charge in [0.1, 0.15) is 0 Å². The topological polar surface area (TPSA) is 32.3 Å². The third kappa shape index (κ3) is 3.37. The summed E-state index contributed by atoms with van der Waals surface area (Å²) in [5.41, 5.74) is -0.164. The SMILES string of the molecule is CCC1(C(=O)N(C)CCc2cccs2)CCCNC1. The highest BCUT2D eigenvalue weighted by molar-refractivity contribution is 7.09. The maximum absolute atomic E-state index is 12.7. The third-order valence-corrected chi connectivity index (χ3v) is 5.16. The monoisotopic (exact) mass is 280 g/mol. The molecular weight excluding hydrogens is 256 g/mol. The minimum Gasteiger partial charge on any atom is -0.345 e. The Hall–Kier alpha value is -0.870. The third-order valence-electron chi connectivity index (χ3n) is 4.22. The fourth-order valence-corrected chi connectivity index (χ4v) is 3.54. The second kappa shape index (κ2) is 6.53. The molecule has 106 valence electrons. The van der Waals surface area contributed by atoms with E-state index in [0.29, 0.717) is 5.91 Å². The van der Waals surface area contributed by atoms with Gasteiger partial charge >= 0.3 is 0 Å². The normalized spacial score (nSPS) is 23.3. The van der Waals surface area contributed by atoms with Crippen molar-refractivity contribution in [2.45, 2.75) is 32.6 Å². The van der Waals surface area contributed by atoms with Crippen LogP contribution in [0, 0.1) is 5.41 Å². The van der Waals surface area contributed by atoms with Gasteiger partial charge in [0.2, 0.25) is 5.91 Å². The second-order valence-electron chi connectivity index (χ2n) is 5.47. The largest absolute Gasteiger partial charge is 0.345 e. The number of rotatable bonds is 5. The van der Waals surface area contributed by atoms with Crippen LogP contribution in [-0.4, -0.2) is 37.5 Å². The van der Waals surface area contributed by atoms with Gasteiger partial charge in [-0.05, 0) is 43.7 Å². The van der Waals surface area contributed by atoms with Crippen molar-refractivity contribution in [2.24, 2.45) is 5.41 Å². The van der Waals surface area contributed by atoms with Gasteiger partial charge in [0, 0.05) is 25.0 Å². The van der Waals surface area contributed by atoms with Gasteiger partial charge in [0.15, 0.2) is 0 Å². The summed E-state index contributed by atoms with van der Waals surface area (Å²) in [5, 5.41) is 5.48. The summed E-state index contributed by atoms with van der Waals surface area (Å²) in [6.07, 6.45) is 4.03. The molecule has 0 spiro atoms. The highest BCUT2D eigenvalue weighted by Crippen LogP contribution is 2.32. The smallest absolute Gasteiger partial charge is 0.229 e. The first-order chi connectivity index (χ1) is 9.18. The molecule has 1 aliphatic rings. The number of nitrogens with one attached hydrogen (secondary N) is 1.